The molecule has 0 unspecified atom stereocenters. The first-order valence-corrected chi connectivity index (χ1v) is 4.81. The van der Waals surface area contributed by atoms with Crippen LogP contribution in [-0.2, 0) is 0 Å². The third kappa shape index (κ3) is 1.54. The van der Waals surface area contributed by atoms with Crippen LogP contribution >= 0.6 is 0 Å². The summed E-state index contributed by atoms with van der Waals surface area (Å²) in [6, 6.07) is 8.28. The Morgan fingerprint density at radius 3 is 2.79 bits per heavy atom. The Labute approximate surface area is 83.6 Å². The van der Waals surface area contributed by atoms with Crippen molar-refractivity contribution in [2.75, 3.05) is 18.0 Å². The number of anilines is 1. The summed E-state index contributed by atoms with van der Waals surface area (Å²) >= 11 is 0. The lowest BCUT2D eigenvalue weighted by molar-refractivity contribution is -0.00787. The van der Waals surface area contributed by atoms with E-state index in [1.165, 1.54) is 11.3 Å². The fourth-order valence-electron chi connectivity index (χ4n) is 1.85. The first-order chi connectivity index (χ1) is 6.81. The van der Waals surface area contributed by atoms with Gasteiger partial charge in [0.15, 0.2) is 0 Å². The van der Waals surface area contributed by atoms with Gasteiger partial charge >= 0.3 is 0 Å². The SMILES string of the molecule is Cc1ccccc1N1CCC(=[N+]=[N-])C1. The molecule has 3 heteroatoms. The van der Waals surface area contributed by atoms with E-state index in [2.05, 4.69) is 28.7 Å². The van der Waals surface area contributed by atoms with Crippen molar-refractivity contribution >= 4 is 11.4 Å². The van der Waals surface area contributed by atoms with E-state index in [1.807, 2.05) is 12.1 Å². The predicted molar refractivity (Wildman–Crippen MR) is 56.6 cm³/mol. The minimum absolute atomic E-state index is 0.751. The molecule has 72 valence electrons. The third-order valence-corrected chi connectivity index (χ3v) is 2.64. The number of nitrogens with zero attached hydrogens (tertiary/aromatic N) is 3. The van der Waals surface area contributed by atoms with Crippen molar-refractivity contribution < 1.29 is 4.79 Å². The molecule has 1 aliphatic rings. The summed E-state index contributed by atoms with van der Waals surface area (Å²) in [4.78, 5) is 5.51. The lowest BCUT2D eigenvalue weighted by Gasteiger charge is -2.17. The minimum Gasteiger partial charge on any atom is -0.362 e. The number of hydrogen-bond acceptors (Lipinski definition) is 1. The average molecular weight is 187 g/mol. The molecule has 2 rings (SSSR count). The van der Waals surface area contributed by atoms with Crippen molar-refractivity contribution in [1.29, 1.82) is 0 Å². The molecule has 1 fully saturated rings. The Bertz CT molecular complexity index is 391. The fraction of sp³-hybridized carbons (Fsp3) is 0.364. The molecule has 0 N–H and O–H groups in total. The molecule has 0 saturated carbocycles. The van der Waals surface area contributed by atoms with Gasteiger partial charge in [0.1, 0.15) is 6.54 Å². The molecule has 0 radical (unpaired) electrons. The Morgan fingerprint density at radius 1 is 1.36 bits per heavy atom. The van der Waals surface area contributed by atoms with E-state index in [9.17, 15) is 0 Å². The predicted octanol–water partition coefficient (Wildman–Crippen LogP) is 1.88. The maximum atomic E-state index is 8.66. The summed E-state index contributed by atoms with van der Waals surface area (Å²) in [5.74, 6) is 0. The van der Waals surface area contributed by atoms with Gasteiger partial charge in [0.25, 0.3) is 5.71 Å². The highest BCUT2D eigenvalue weighted by molar-refractivity contribution is 5.87. The van der Waals surface area contributed by atoms with Crippen molar-refractivity contribution in [3.8, 4) is 0 Å². The molecule has 0 bridgehead atoms. The van der Waals surface area contributed by atoms with Crippen LogP contribution in [0.2, 0.25) is 0 Å². The molecule has 0 aliphatic carbocycles. The van der Waals surface area contributed by atoms with Crippen molar-refractivity contribution in [2.45, 2.75) is 13.3 Å². The van der Waals surface area contributed by atoms with Gasteiger partial charge in [-0.15, -0.1) is 0 Å². The van der Waals surface area contributed by atoms with Crippen LogP contribution in [-0.4, -0.2) is 23.6 Å². The number of aryl methyl sites for hydroxylation is 1. The largest absolute Gasteiger partial charge is 0.362 e. The van der Waals surface area contributed by atoms with Crippen molar-refractivity contribution in [3.63, 3.8) is 0 Å². The Hall–Kier alpha value is -1.60. The van der Waals surface area contributed by atoms with E-state index in [-0.39, 0.29) is 0 Å². The van der Waals surface area contributed by atoms with E-state index >= 15 is 0 Å². The van der Waals surface area contributed by atoms with Gasteiger partial charge in [-0.2, -0.15) is 4.79 Å². The van der Waals surface area contributed by atoms with Gasteiger partial charge in [-0.05, 0) is 18.6 Å². The van der Waals surface area contributed by atoms with Crippen LogP contribution in [0.1, 0.15) is 12.0 Å². The van der Waals surface area contributed by atoms with Gasteiger partial charge in [-0.25, -0.2) is 0 Å². The lowest BCUT2D eigenvalue weighted by atomic mass is 10.2. The fourth-order valence-corrected chi connectivity index (χ4v) is 1.85. The summed E-state index contributed by atoms with van der Waals surface area (Å²) in [6.45, 7) is 3.80. The molecule has 1 aromatic rings. The molecule has 0 aromatic heterocycles. The molecule has 1 aliphatic heterocycles. The van der Waals surface area contributed by atoms with Gasteiger partial charge in [0.05, 0.1) is 6.42 Å². The van der Waals surface area contributed by atoms with Gasteiger partial charge in [-0.3, -0.25) is 0 Å². The molecule has 1 heterocycles. The molecule has 0 amide bonds. The normalized spacial score (nSPS) is 15.8. The van der Waals surface area contributed by atoms with Crippen LogP contribution in [0.3, 0.4) is 0 Å². The Balaban J connectivity index is 2.26. The van der Waals surface area contributed by atoms with Crippen LogP contribution in [0.4, 0.5) is 5.69 Å². The quantitative estimate of drug-likeness (QED) is 0.488. The van der Waals surface area contributed by atoms with Gasteiger partial charge in [0.2, 0.25) is 0 Å². The molecular weight excluding hydrogens is 174 g/mol. The Kier molecular flexibility index (Phi) is 2.33. The second-order valence-corrected chi connectivity index (χ2v) is 3.62. The van der Waals surface area contributed by atoms with Gasteiger partial charge < -0.3 is 10.4 Å². The lowest BCUT2D eigenvalue weighted by Crippen LogP contribution is -2.20. The summed E-state index contributed by atoms with van der Waals surface area (Å²) in [5, 5.41) is 0. The molecular formula is C11H13N3. The summed E-state index contributed by atoms with van der Waals surface area (Å²) < 4.78 is 0. The van der Waals surface area contributed by atoms with Gasteiger partial charge in [0, 0.05) is 12.2 Å². The molecule has 0 spiro atoms. The maximum Gasteiger partial charge on any atom is 0.289 e. The van der Waals surface area contributed by atoms with Crippen LogP contribution < -0.4 is 4.90 Å². The number of benzene rings is 1. The molecule has 1 saturated heterocycles. The van der Waals surface area contributed by atoms with E-state index < -0.39 is 0 Å². The second-order valence-electron chi connectivity index (χ2n) is 3.62. The maximum absolute atomic E-state index is 8.66. The van der Waals surface area contributed by atoms with Crippen LogP contribution in [0.15, 0.2) is 24.3 Å². The Morgan fingerprint density at radius 2 is 2.14 bits per heavy atom. The number of para-hydroxylation sites is 1. The van der Waals surface area contributed by atoms with Crippen molar-refractivity contribution in [2.24, 2.45) is 0 Å². The monoisotopic (exact) mass is 187 g/mol. The number of rotatable bonds is 1. The number of hydrogen-bond donors (Lipinski definition) is 0. The minimum atomic E-state index is 0.751. The highest BCUT2D eigenvalue weighted by Crippen LogP contribution is 2.22. The topological polar surface area (TPSA) is 39.6 Å². The van der Waals surface area contributed by atoms with E-state index in [1.54, 1.807) is 0 Å². The summed E-state index contributed by atoms with van der Waals surface area (Å²) in [7, 11) is 0. The first kappa shape index (κ1) is 8.97. The van der Waals surface area contributed by atoms with E-state index in [0.717, 1.165) is 25.2 Å². The van der Waals surface area contributed by atoms with Crippen LogP contribution in [0.5, 0.6) is 0 Å². The first-order valence-electron chi connectivity index (χ1n) is 4.81. The smallest absolute Gasteiger partial charge is 0.289 e. The highest BCUT2D eigenvalue weighted by Gasteiger charge is 2.24. The van der Waals surface area contributed by atoms with E-state index in [0.29, 0.717) is 0 Å². The highest BCUT2D eigenvalue weighted by atomic mass is 15.2. The molecule has 14 heavy (non-hydrogen) atoms. The second kappa shape index (κ2) is 3.64. The molecule has 3 nitrogen and oxygen atoms in total. The van der Waals surface area contributed by atoms with E-state index in [4.69, 9.17) is 5.53 Å². The molecule has 1 aromatic carbocycles. The summed E-state index contributed by atoms with van der Waals surface area (Å²) in [6.07, 6.45) is 0.866. The van der Waals surface area contributed by atoms with Crippen LogP contribution in [0.25, 0.3) is 5.53 Å². The third-order valence-electron chi connectivity index (χ3n) is 2.64. The van der Waals surface area contributed by atoms with Crippen molar-refractivity contribution in [3.05, 3.63) is 35.4 Å². The average Bonchev–Trinajstić information content (AvgIpc) is 2.67. The zero-order valence-electron chi connectivity index (χ0n) is 8.27. The standard InChI is InChI=1S/C11H13N3/c1-9-4-2-3-5-11(9)14-7-6-10(8-14)13-12/h2-5H,6-8H2,1H3. The molecule has 0 atom stereocenters. The van der Waals surface area contributed by atoms with Crippen LogP contribution in [0, 0.1) is 6.92 Å². The summed E-state index contributed by atoms with van der Waals surface area (Å²) in [5.41, 5.74) is 12.0. The zero-order valence-corrected chi connectivity index (χ0v) is 8.27. The van der Waals surface area contributed by atoms with Gasteiger partial charge in [-0.1, -0.05) is 18.2 Å². The van der Waals surface area contributed by atoms with Crippen molar-refractivity contribution in [1.82, 2.24) is 0 Å². The zero-order chi connectivity index (χ0) is 9.97.